The van der Waals surface area contributed by atoms with Gasteiger partial charge >= 0.3 is 5.97 Å². The molecule has 1 aromatic carbocycles. The number of carboxylic acids is 1. The molecule has 0 radical (unpaired) electrons. The molecule has 0 aromatic heterocycles. The normalized spacial score (nSPS) is 25.7. The van der Waals surface area contributed by atoms with E-state index in [1.54, 1.807) is 12.1 Å². The van der Waals surface area contributed by atoms with Gasteiger partial charge in [-0.1, -0.05) is 12.1 Å². The van der Waals surface area contributed by atoms with Gasteiger partial charge in [0, 0.05) is 6.54 Å². The minimum atomic E-state index is -0.797. The molecule has 3 N–H and O–H groups in total. The summed E-state index contributed by atoms with van der Waals surface area (Å²) < 4.78 is 12.8. The standard InChI is InChI=1S/C16H22FNO3/c17-14-3-1-12(2-4-14)7-10-18-11-16(21)8-5-13(6-9-16)15(19)20/h1-4,13,18,21H,5-11H2,(H,19,20). The van der Waals surface area contributed by atoms with Crippen LogP contribution in [0.5, 0.6) is 0 Å². The smallest absolute Gasteiger partial charge is 0.306 e. The highest BCUT2D eigenvalue weighted by Crippen LogP contribution is 2.31. The first-order valence-corrected chi connectivity index (χ1v) is 7.39. The summed E-state index contributed by atoms with van der Waals surface area (Å²) in [5, 5.41) is 22.6. The molecule has 1 aliphatic rings. The highest BCUT2D eigenvalue weighted by Gasteiger charge is 2.35. The number of aliphatic hydroxyl groups is 1. The summed E-state index contributed by atoms with van der Waals surface area (Å²) in [4.78, 5) is 10.9. The van der Waals surface area contributed by atoms with Gasteiger partial charge in [-0.3, -0.25) is 4.79 Å². The zero-order chi connectivity index (χ0) is 15.3. The average Bonchev–Trinajstić information content (AvgIpc) is 2.46. The van der Waals surface area contributed by atoms with E-state index in [0.29, 0.717) is 38.8 Å². The van der Waals surface area contributed by atoms with E-state index in [2.05, 4.69) is 5.32 Å². The van der Waals surface area contributed by atoms with Crippen molar-refractivity contribution in [3.05, 3.63) is 35.6 Å². The van der Waals surface area contributed by atoms with E-state index in [-0.39, 0.29) is 11.7 Å². The predicted molar refractivity (Wildman–Crippen MR) is 77.5 cm³/mol. The molecule has 0 saturated heterocycles. The number of rotatable bonds is 6. The van der Waals surface area contributed by atoms with Crippen molar-refractivity contribution in [1.82, 2.24) is 5.32 Å². The van der Waals surface area contributed by atoms with Gasteiger partial charge in [0.15, 0.2) is 0 Å². The summed E-state index contributed by atoms with van der Waals surface area (Å²) in [6, 6.07) is 6.39. The monoisotopic (exact) mass is 295 g/mol. The maximum absolute atomic E-state index is 12.8. The molecule has 2 rings (SSSR count). The lowest BCUT2D eigenvalue weighted by Crippen LogP contribution is -2.44. The molecule has 0 bridgehead atoms. The molecule has 21 heavy (non-hydrogen) atoms. The van der Waals surface area contributed by atoms with Crippen molar-refractivity contribution in [3.8, 4) is 0 Å². The highest BCUT2D eigenvalue weighted by molar-refractivity contribution is 5.70. The highest BCUT2D eigenvalue weighted by atomic mass is 19.1. The van der Waals surface area contributed by atoms with E-state index < -0.39 is 11.6 Å². The zero-order valence-corrected chi connectivity index (χ0v) is 12.0. The van der Waals surface area contributed by atoms with Crippen LogP contribution < -0.4 is 5.32 Å². The Balaban J connectivity index is 1.68. The van der Waals surface area contributed by atoms with Crippen LogP contribution in [0, 0.1) is 11.7 Å². The summed E-state index contributed by atoms with van der Waals surface area (Å²) >= 11 is 0. The van der Waals surface area contributed by atoms with E-state index >= 15 is 0 Å². The van der Waals surface area contributed by atoms with Gasteiger partial charge in [0.1, 0.15) is 5.82 Å². The van der Waals surface area contributed by atoms with Gasteiger partial charge in [0.25, 0.3) is 0 Å². The maximum Gasteiger partial charge on any atom is 0.306 e. The Morgan fingerprint density at radius 2 is 1.90 bits per heavy atom. The van der Waals surface area contributed by atoms with E-state index in [1.165, 1.54) is 12.1 Å². The van der Waals surface area contributed by atoms with Gasteiger partial charge in [0.05, 0.1) is 11.5 Å². The quantitative estimate of drug-likeness (QED) is 0.702. The third kappa shape index (κ3) is 4.79. The van der Waals surface area contributed by atoms with Crippen LogP contribution in [0.2, 0.25) is 0 Å². The largest absolute Gasteiger partial charge is 0.481 e. The first kappa shape index (κ1) is 15.9. The average molecular weight is 295 g/mol. The van der Waals surface area contributed by atoms with Crippen LogP contribution in [0.1, 0.15) is 31.2 Å². The topological polar surface area (TPSA) is 69.6 Å². The Hall–Kier alpha value is -1.46. The first-order valence-electron chi connectivity index (χ1n) is 7.39. The number of carbonyl (C=O) groups is 1. The SMILES string of the molecule is O=C(O)C1CCC(O)(CNCCc2ccc(F)cc2)CC1. The molecule has 116 valence electrons. The van der Waals surface area contributed by atoms with Crippen LogP contribution >= 0.6 is 0 Å². The van der Waals surface area contributed by atoms with Crippen molar-refractivity contribution in [3.63, 3.8) is 0 Å². The summed E-state index contributed by atoms with van der Waals surface area (Å²) in [6.45, 7) is 1.18. The van der Waals surface area contributed by atoms with Crippen LogP contribution in [0.3, 0.4) is 0 Å². The molecule has 1 aliphatic carbocycles. The lowest BCUT2D eigenvalue weighted by Gasteiger charge is -2.34. The lowest BCUT2D eigenvalue weighted by atomic mass is 9.79. The summed E-state index contributed by atoms with van der Waals surface area (Å²) in [5.74, 6) is -1.32. The summed E-state index contributed by atoms with van der Waals surface area (Å²) in [6.07, 6.45) is 2.88. The molecular weight excluding hydrogens is 273 g/mol. The predicted octanol–water partition coefficient (Wildman–Crippen LogP) is 1.96. The third-order valence-electron chi connectivity index (χ3n) is 4.22. The molecule has 4 nitrogen and oxygen atoms in total. The Bertz CT molecular complexity index is 467. The van der Waals surface area contributed by atoms with Crippen molar-refractivity contribution in [2.45, 2.75) is 37.7 Å². The minimum absolute atomic E-state index is 0.240. The van der Waals surface area contributed by atoms with E-state index in [1.807, 2.05) is 0 Å². The maximum atomic E-state index is 12.8. The number of carboxylic acid groups (broad SMARTS) is 1. The van der Waals surface area contributed by atoms with Gasteiger partial charge in [-0.05, 0) is 56.3 Å². The Labute approximate surface area is 124 Å². The van der Waals surface area contributed by atoms with Gasteiger partial charge in [-0.2, -0.15) is 0 Å². The fourth-order valence-corrected chi connectivity index (χ4v) is 2.78. The van der Waals surface area contributed by atoms with E-state index in [9.17, 15) is 14.3 Å². The fraction of sp³-hybridized carbons (Fsp3) is 0.562. The number of hydrogen-bond donors (Lipinski definition) is 3. The lowest BCUT2D eigenvalue weighted by molar-refractivity contribution is -0.144. The van der Waals surface area contributed by atoms with E-state index in [4.69, 9.17) is 5.11 Å². The molecule has 5 heteroatoms. The molecule has 0 spiro atoms. The number of nitrogens with one attached hydrogen (secondary N) is 1. The number of benzene rings is 1. The fourth-order valence-electron chi connectivity index (χ4n) is 2.78. The molecule has 0 heterocycles. The van der Waals surface area contributed by atoms with E-state index in [0.717, 1.165) is 12.0 Å². The van der Waals surface area contributed by atoms with Crippen LogP contribution in [-0.2, 0) is 11.2 Å². The van der Waals surface area contributed by atoms with Crippen LogP contribution in [-0.4, -0.2) is 34.9 Å². The van der Waals surface area contributed by atoms with Crippen molar-refractivity contribution < 1.29 is 19.4 Å². The van der Waals surface area contributed by atoms with Crippen molar-refractivity contribution in [2.24, 2.45) is 5.92 Å². The second-order valence-corrected chi connectivity index (χ2v) is 5.89. The Kier molecular flexibility index (Phi) is 5.31. The van der Waals surface area contributed by atoms with Crippen LogP contribution in [0.25, 0.3) is 0 Å². The van der Waals surface area contributed by atoms with Crippen molar-refractivity contribution >= 4 is 5.97 Å². The summed E-state index contributed by atoms with van der Waals surface area (Å²) in [5.41, 5.74) is 0.250. The minimum Gasteiger partial charge on any atom is -0.481 e. The van der Waals surface area contributed by atoms with Gasteiger partial charge in [-0.15, -0.1) is 0 Å². The third-order valence-corrected chi connectivity index (χ3v) is 4.22. The van der Waals surface area contributed by atoms with Crippen LogP contribution in [0.15, 0.2) is 24.3 Å². The first-order chi connectivity index (χ1) is 9.98. The van der Waals surface area contributed by atoms with Crippen LogP contribution in [0.4, 0.5) is 4.39 Å². The second kappa shape index (κ2) is 7.00. The number of hydrogen-bond acceptors (Lipinski definition) is 3. The van der Waals surface area contributed by atoms with Crippen molar-refractivity contribution in [1.29, 1.82) is 0 Å². The second-order valence-electron chi connectivity index (χ2n) is 5.89. The zero-order valence-electron chi connectivity index (χ0n) is 12.0. The number of halogens is 1. The van der Waals surface area contributed by atoms with Gasteiger partial charge < -0.3 is 15.5 Å². The summed E-state index contributed by atoms with van der Waals surface area (Å²) in [7, 11) is 0. The molecule has 0 atom stereocenters. The van der Waals surface area contributed by atoms with Gasteiger partial charge in [-0.25, -0.2) is 4.39 Å². The molecule has 1 saturated carbocycles. The Morgan fingerprint density at radius 1 is 1.29 bits per heavy atom. The molecule has 0 aliphatic heterocycles. The van der Waals surface area contributed by atoms with Crippen molar-refractivity contribution in [2.75, 3.05) is 13.1 Å². The molecular formula is C16H22FNO3. The molecule has 1 aromatic rings. The Morgan fingerprint density at radius 3 is 2.48 bits per heavy atom. The molecule has 0 unspecified atom stereocenters. The molecule has 1 fully saturated rings. The van der Waals surface area contributed by atoms with Gasteiger partial charge in [0.2, 0.25) is 0 Å². The number of aliphatic carboxylic acids is 1. The molecule has 0 amide bonds.